The Balaban J connectivity index is 2.79. The van der Waals surface area contributed by atoms with Crippen molar-refractivity contribution in [3.63, 3.8) is 0 Å². The SMILES string of the molecule is CCOCC(C)Oc1ccc(C#N)c(Br)c1F. The first-order chi connectivity index (χ1) is 8.10. The van der Waals surface area contributed by atoms with Crippen molar-refractivity contribution < 1.29 is 13.9 Å². The van der Waals surface area contributed by atoms with E-state index in [-0.39, 0.29) is 21.9 Å². The van der Waals surface area contributed by atoms with Gasteiger partial charge in [-0.25, -0.2) is 4.39 Å². The van der Waals surface area contributed by atoms with Gasteiger partial charge in [-0.2, -0.15) is 5.26 Å². The molecule has 92 valence electrons. The minimum Gasteiger partial charge on any atom is -0.485 e. The molecule has 3 nitrogen and oxygen atoms in total. The van der Waals surface area contributed by atoms with Gasteiger partial charge in [0.25, 0.3) is 0 Å². The average Bonchev–Trinajstić information content (AvgIpc) is 2.33. The lowest BCUT2D eigenvalue weighted by molar-refractivity contribution is 0.0636. The molecule has 0 aliphatic rings. The average molecular weight is 302 g/mol. The first-order valence-corrected chi connectivity index (χ1v) is 6.02. The van der Waals surface area contributed by atoms with Crippen molar-refractivity contribution in [1.29, 1.82) is 5.26 Å². The predicted molar refractivity (Wildman–Crippen MR) is 65.4 cm³/mol. The molecular weight excluding hydrogens is 289 g/mol. The van der Waals surface area contributed by atoms with E-state index in [1.165, 1.54) is 12.1 Å². The summed E-state index contributed by atoms with van der Waals surface area (Å²) in [5.41, 5.74) is 0.243. The Labute approximate surface area is 108 Å². The van der Waals surface area contributed by atoms with Crippen LogP contribution in [0.25, 0.3) is 0 Å². The van der Waals surface area contributed by atoms with Crippen LogP contribution < -0.4 is 4.74 Å². The first kappa shape index (κ1) is 13.9. The Kier molecular flexibility index (Phi) is 5.39. The van der Waals surface area contributed by atoms with Crippen molar-refractivity contribution in [3.8, 4) is 11.8 Å². The molecule has 0 spiro atoms. The van der Waals surface area contributed by atoms with Gasteiger partial charge in [-0.3, -0.25) is 0 Å². The predicted octanol–water partition coefficient (Wildman–Crippen LogP) is 3.26. The fourth-order valence-electron chi connectivity index (χ4n) is 1.24. The normalized spacial score (nSPS) is 11.9. The van der Waals surface area contributed by atoms with E-state index >= 15 is 0 Å². The van der Waals surface area contributed by atoms with Crippen LogP contribution in [0.3, 0.4) is 0 Å². The topological polar surface area (TPSA) is 42.2 Å². The molecule has 1 aromatic carbocycles. The van der Waals surface area contributed by atoms with E-state index in [0.29, 0.717) is 13.2 Å². The zero-order valence-electron chi connectivity index (χ0n) is 9.67. The van der Waals surface area contributed by atoms with E-state index in [2.05, 4.69) is 15.9 Å². The Bertz CT molecular complexity index is 431. The molecule has 0 aliphatic heterocycles. The summed E-state index contributed by atoms with van der Waals surface area (Å²) in [5, 5.41) is 8.72. The molecule has 0 aliphatic carbocycles. The van der Waals surface area contributed by atoms with Gasteiger partial charge < -0.3 is 9.47 Å². The van der Waals surface area contributed by atoms with Gasteiger partial charge in [0.15, 0.2) is 11.6 Å². The maximum Gasteiger partial charge on any atom is 0.180 e. The highest BCUT2D eigenvalue weighted by Gasteiger charge is 2.14. The lowest BCUT2D eigenvalue weighted by Gasteiger charge is -2.15. The van der Waals surface area contributed by atoms with E-state index in [0.717, 1.165) is 0 Å². The second-order valence-corrected chi connectivity index (χ2v) is 4.23. The molecule has 0 fully saturated rings. The quantitative estimate of drug-likeness (QED) is 0.838. The molecule has 17 heavy (non-hydrogen) atoms. The molecule has 0 saturated carbocycles. The molecule has 0 saturated heterocycles. The van der Waals surface area contributed by atoms with E-state index in [1.807, 2.05) is 13.0 Å². The summed E-state index contributed by atoms with van der Waals surface area (Å²) in [4.78, 5) is 0. The van der Waals surface area contributed by atoms with Crippen molar-refractivity contribution in [3.05, 3.63) is 28.0 Å². The van der Waals surface area contributed by atoms with Gasteiger partial charge in [0.2, 0.25) is 0 Å². The summed E-state index contributed by atoms with van der Waals surface area (Å²) in [5.74, 6) is -0.449. The van der Waals surface area contributed by atoms with E-state index in [1.54, 1.807) is 6.92 Å². The highest BCUT2D eigenvalue weighted by molar-refractivity contribution is 9.10. The maximum absolute atomic E-state index is 13.8. The Hall–Kier alpha value is -1.12. The van der Waals surface area contributed by atoms with Crippen LogP contribution in [0.15, 0.2) is 16.6 Å². The molecule has 1 atom stereocenters. The summed E-state index contributed by atoms with van der Waals surface area (Å²) in [6, 6.07) is 4.84. The number of rotatable bonds is 5. The number of halogens is 2. The first-order valence-electron chi connectivity index (χ1n) is 5.22. The molecular formula is C12H13BrFNO2. The molecule has 1 rings (SSSR count). The third-order valence-corrected chi connectivity index (χ3v) is 2.83. The van der Waals surface area contributed by atoms with Gasteiger partial charge in [0, 0.05) is 6.61 Å². The summed E-state index contributed by atoms with van der Waals surface area (Å²) in [6.45, 7) is 4.66. The van der Waals surface area contributed by atoms with Crippen molar-refractivity contribution in [2.24, 2.45) is 0 Å². The van der Waals surface area contributed by atoms with Crippen LogP contribution in [-0.2, 0) is 4.74 Å². The summed E-state index contributed by atoms with van der Waals surface area (Å²) in [6.07, 6.45) is -0.246. The Morgan fingerprint density at radius 3 is 2.82 bits per heavy atom. The molecule has 1 aromatic rings. The minimum atomic E-state index is -0.563. The van der Waals surface area contributed by atoms with Crippen LogP contribution in [0.5, 0.6) is 5.75 Å². The fraction of sp³-hybridized carbons (Fsp3) is 0.417. The molecule has 5 heteroatoms. The van der Waals surface area contributed by atoms with Crippen LogP contribution in [-0.4, -0.2) is 19.3 Å². The minimum absolute atomic E-state index is 0.114. The third-order valence-electron chi connectivity index (χ3n) is 2.05. The van der Waals surface area contributed by atoms with Crippen LogP contribution in [0.2, 0.25) is 0 Å². The van der Waals surface area contributed by atoms with Crippen molar-refractivity contribution in [2.45, 2.75) is 20.0 Å². The Morgan fingerprint density at radius 1 is 1.53 bits per heavy atom. The molecule has 0 radical (unpaired) electrons. The maximum atomic E-state index is 13.8. The zero-order chi connectivity index (χ0) is 12.8. The van der Waals surface area contributed by atoms with Crippen molar-refractivity contribution >= 4 is 15.9 Å². The standard InChI is InChI=1S/C12H13BrFNO2/c1-3-16-7-8(2)17-10-5-4-9(6-15)11(13)12(10)14/h4-5,8H,3,7H2,1-2H3. The van der Waals surface area contributed by atoms with Crippen molar-refractivity contribution in [2.75, 3.05) is 13.2 Å². The highest BCUT2D eigenvalue weighted by atomic mass is 79.9. The summed E-state index contributed by atoms with van der Waals surface area (Å²) >= 11 is 3.03. The molecule has 0 heterocycles. The van der Waals surface area contributed by atoms with Gasteiger partial charge in [-0.15, -0.1) is 0 Å². The van der Waals surface area contributed by atoms with Crippen LogP contribution >= 0.6 is 15.9 Å². The molecule has 1 unspecified atom stereocenters. The van der Waals surface area contributed by atoms with E-state index < -0.39 is 5.82 Å². The largest absolute Gasteiger partial charge is 0.485 e. The second-order valence-electron chi connectivity index (χ2n) is 3.44. The van der Waals surface area contributed by atoms with Crippen molar-refractivity contribution in [1.82, 2.24) is 0 Å². The monoisotopic (exact) mass is 301 g/mol. The van der Waals surface area contributed by atoms with Gasteiger partial charge >= 0.3 is 0 Å². The number of ether oxygens (including phenoxy) is 2. The number of nitrogens with zero attached hydrogens (tertiary/aromatic N) is 1. The highest BCUT2D eigenvalue weighted by Crippen LogP contribution is 2.28. The number of benzene rings is 1. The summed E-state index contributed by atoms with van der Waals surface area (Å²) in [7, 11) is 0. The lowest BCUT2D eigenvalue weighted by Crippen LogP contribution is -2.19. The van der Waals surface area contributed by atoms with Gasteiger partial charge in [-0.05, 0) is 41.9 Å². The number of hydrogen-bond acceptors (Lipinski definition) is 3. The second kappa shape index (κ2) is 6.58. The Morgan fingerprint density at radius 2 is 2.24 bits per heavy atom. The van der Waals surface area contributed by atoms with Crippen LogP contribution in [0.4, 0.5) is 4.39 Å². The van der Waals surface area contributed by atoms with Crippen LogP contribution in [0, 0.1) is 17.1 Å². The molecule has 0 bridgehead atoms. The van der Waals surface area contributed by atoms with Gasteiger partial charge in [0.1, 0.15) is 12.2 Å². The third kappa shape index (κ3) is 3.69. The van der Waals surface area contributed by atoms with Gasteiger partial charge in [0.05, 0.1) is 16.6 Å². The number of hydrogen-bond donors (Lipinski definition) is 0. The molecule has 0 N–H and O–H groups in total. The molecule has 0 amide bonds. The van der Waals surface area contributed by atoms with Gasteiger partial charge in [-0.1, -0.05) is 0 Å². The number of nitriles is 1. The van der Waals surface area contributed by atoms with E-state index in [4.69, 9.17) is 14.7 Å². The molecule has 0 aromatic heterocycles. The lowest BCUT2D eigenvalue weighted by atomic mass is 10.2. The summed E-state index contributed by atoms with van der Waals surface area (Å²) < 4.78 is 24.5. The zero-order valence-corrected chi connectivity index (χ0v) is 11.3. The van der Waals surface area contributed by atoms with E-state index in [9.17, 15) is 4.39 Å². The fourth-order valence-corrected chi connectivity index (χ4v) is 1.66. The smallest absolute Gasteiger partial charge is 0.180 e. The van der Waals surface area contributed by atoms with Crippen LogP contribution in [0.1, 0.15) is 19.4 Å².